The molecule has 0 fully saturated rings. The van der Waals surface area contributed by atoms with Gasteiger partial charge in [-0.15, -0.1) is 13.2 Å². The zero-order chi connectivity index (χ0) is 23.3. The number of thioether (sulfide) groups is 1. The molecule has 2 aromatic carbocycles. The number of ketones is 1. The lowest BCUT2D eigenvalue weighted by atomic mass is 10.1. The number of hydrogen-bond acceptors (Lipinski definition) is 5. The Labute approximate surface area is 189 Å². The summed E-state index contributed by atoms with van der Waals surface area (Å²) >= 11 is -1.37. The molecule has 0 radical (unpaired) electrons. The van der Waals surface area contributed by atoms with Crippen LogP contribution >= 0.6 is 11.8 Å². The van der Waals surface area contributed by atoms with E-state index >= 15 is 0 Å². The third-order valence-corrected chi connectivity index (χ3v) is 6.08. The van der Waals surface area contributed by atoms with E-state index in [1.165, 1.54) is 48.2 Å². The average molecular weight is 483 g/mol. The fraction of sp³-hybridized carbons (Fsp3) is 0.143. The topological polar surface area (TPSA) is 73.5 Å². The van der Waals surface area contributed by atoms with Gasteiger partial charge >= 0.3 is 6.36 Å². The van der Waals surface area contributed by atoms with E-state index in [4.69, 9.17) is 0 Å². The zero-order valence-electron chi connectivity index (χ0n) is 16.6. The molecule has 0 aliphatic rings. The molecule has 0 aliphatic carbocycles. The lowest BCUT2D eigenvalue weighted by Gasteiger charge is -2.26. The van der Waals surface area contributed by atoms with Crippen LogP contribution in [0.2, 0.25) is 0 Å². The van der Waals surface area contributed by atoms with Gasteiger partial charge in [-0.25, -0.2) is 0 Å². The summed E-state index contributed by atoms with van der Waals surface area (Å²) in [6, 6.07) is 16.0. The monoisotopic (exact) mass is 482 g/mol. The van der Waals surface area contributed by atoms with Gasteiger partial charge in [0.1, 0.15) is 12.8 Å². The molecule has 32 heavy (non-hydrogen) atoms. The Hall–Kier alpha value is -2.89. The van der Waals surface area contributed by atoms with E-state index in [1.807, 2.05) is 36.0 Å². The average Bonchev–Trinajstić information content (AvgIpc) is 2.73. The van der Waals surface area contributed by atoms with Crippen LogP contribution in [0.3, 0.4) is 0 Å². The van der Waals surface area contributed by atoms with Crippen molar-refractivity contribution in [1.82, 2.24) is 0 Å². The molecule has 0 saturated carbocycles. The first-order valence-corrected chi connectivity index (χ1v) is 11.1. The molecule has 0 N–H and O–H groups in total. The van der Waals surface area contributed by atoms with E-state index in [9.17, 15) is 26.7 Å². The SMILES string of the molecule is C[n+]1ccccc1SCC(=O)c1ccc(N(c2ccc(OC(F)(F)F)cc2)S(=O)[O-])cc1. The number of ether oxygens (including phenoxy) is 1. The van der Waals surface area contributed by atoms with Gasteiger partial charge in [-0.1, -0.05) is 0 Å². The van der Waals surface area contributed by atoms with E-state index in [-0.39, 0.29) is 22.9 Å². The predicted molar refractivity (Wildman–Crippen MR) is 113 cm³/mol. The molecule has 1 unspecified atom stereocenters. The Kier molecular flexibility index (Phi) is 7.54. The molecule has 0 spiro atoms. The molecule has 1 heterocycles. The minimum atomic E-state index is -4.85. The number of nitrogens with zero attached hydrogens (tertiary/aromatic N) is 2. The van der Waals surface area contributed by atoms with Gasteiger partial charge in [0.2, 0.25) is 5.03 Å². The first kappa shape index (κ1) is 23.8. The molecule has 0 bridgehead atoms. The van der Waals surface area contributed by atoms with Crippen LogP contribution in [0, 0.1) is 0 Å². The van der Waals surface area contributed by atoms with Gasteiger partial charge < -0.3 is 9.29 Å². The van der Waals surface area contributed by atoms with Crippen molar-refractivity contribution in [3.05, 3.63) is 78.5 Å². The highest BCUT2D eigenvalue weighted by Crippen LogP contribution is 2.30. The van der Waals surface area contributed by atoms with E-state index in [2.05, 4.69) is 4.74 Å². The molecular weight excluding hydrogens is 465 g/mol. The lowest BCUT2D eigenvalue weighted by molar-refractivity contribution is -0.708. The van der Waals surface area contributed by atoms with Gasteiger partial charge in [-0.05, 0) is 66.4 Å². The number of benzene rings is 2. The molecule has 6 nitrogen and oxygen atoms in total. The summed E-state index contributed by atoms with van der Waals surface area (Å²) < 4.78 is 67.0. The maximum absolute atomic E-state index is 12.5. The number of carbonyl (C=O) groups excluding carboxylic acids is 1. The molecule has 0 aliphatic heterocycles. The van der Waals surface area contributed by atoms with E-state index < -0.39 is 23.4 Å². The fourth-order valence-electron chi connectivity index (χ4n) is 2.77. The summed E-state index contributed by atoms with van der Waals surface area (Å²) in [4.78, 5) is 12.5. The third-order valence-electron chi connectivity index (χ3n) is 4.24. The molecule has 1 aromatic heterocycles. The summed E-state index contributed by atoms with van der Waals surface area (Å²) in [6.45, 7) is 0. The van der Waals surface area contributed by atoms with Gasteiger partial charge in [-0.2, -0.15) is 4.57 Å². The van der Waals surface area contributed by atoms with Crippen molar-refractivity contribution in [1.29, 1.82) is 0 Å². The molecular formula is C21H17F3N2O4S2. The van der Waals surface area contributed by atoms with Gasteiger partial charge in [0.15, 0.2) is 12.0 Å². The van der Waals surface area contributed by atoms with Crippen LogP contribution in [0.15, 0.2) is 78.0 Å². The molecule has 168 valence electrons. The van der Waals surface area contributed by atoms with E-state index in [0.717, 1.165) is 21.5 Å². The zero-order valence-corrected chi connectivity index (χ0v) is 18.2. The van der Waals surface area contributed by atoms with Crippen LogP contribution in [0.5, 0.6) is 5.75 Å². The Morgan fingerprint density at radius 3 is 2.19 bits per heavy atom. The number of alkyl halides is 3. The Balaban J connectivity index is 1.72. The van der Waals surface area contributed by atoms with Gasteiger partial charge in [-0.3, -0.25) is 13.3 Å². The van der Waals surface area contributed by atoms with Crippen molar-refractivity contribution >= 4 is 40.2 Å². The Bertz CT molecular complexity index is 1110. The second-order valence-corrected chi connectivity index (χ2v) is 8.26. The summed E-state index contributed by atoms with van der Waals surface area (Å²) in [5, 5.41) is 0.920. The van der Waals surface area contributed by atoms with Crippen molar-refractivity contribution in [2.75, 3.05) is 10.1 Å². The van der Waals surface area contributed by atoms with Crippen molar-refractivity contribution in [3.63, 3.8) is 0 Å². The number of Topliss-reactive ketones (excluding diaryl/α,β-unsaturated/α-hetero) is 1. The van der Waals surface area contributed by atoms with Crippen molar-refractivity contribution in [2.24, 2.45) is 7.05 Å². The van der Waals surface area contributed by atoms with Crippen LogP contribution in [0.25, 0.3) is 0 Å². The largest absolute Gasteiger partial charge is 0.755 e. The highest BCUT2D eigenvalue weighted by atomic mass is 32.2. The van der Waals surface area contributed by atoms with E-state index in [1.54, 1.807) is 0 Å². The maximum atomic E-state index is 12.5. The summed E-state index contributed by atoms with van der Waals surface area (Å²) in [5.74, 6) is -0.397. The smallest absolute Gasteiger partial charge is 0.573 e. The number of carbonyl (C=O) groups is 1. The maximum Gasteiger partial charge on any atom is 0.573 e. The van der Waals surface area contributed by atoms with Crippen LogP contribution in [0.1, 0.15) is 10.4 Å². The van der Waals surface area contributed by atoms with Crippen LogP contribution in [-0.2, 0) is 18.3 Å². The number of aryl methyl sites for hydroxylation is 1. The number of pyridine rings is 1. The minimum absolute atomic E-state index is 0.110. The number of hydrogen-bond donors (Lipinski definition) is 0. The minimum Gasteiger partial charge on any atom is -0.755 e. The highest BCUT2D eigenvalue weighted by molar-refractivity contribution is 7.99. The first-order valence-electron chi connectivity index (χ1n) is 9.10. The lowest BCUT2D eigenvalue weighted by Crippen LogP contribution is -2.30. The molecule has 11 heteroatoms. The van der Waals surface area contributed by atoms with Crippen LogP contribution < -0.4 is 13.6 Å². The second kappa shape index (κ2) is 10.2. The fourth-order valence-corrected chi connectivity index (χ4v) is 4.24. The standard InChI is InChI=1S/C21H17F3N2O4S2/c1-25-13-3-2-4-20(25)31-14-19(27)15-5-7-16(8-6-15)26(32(28)29)17-9-11-18(12-10-17)30-21(22,23)24/h2-13H,14H2,1H3. The van der Waals surface area contributed by atoms with Crippen LogP contribution in [-0.4, -0.2) is 26.7 Å². The first-order chi connectivity index (χ1) is 15.1. The molecule has 1 atom stereocenters. The molecule has 3 aromatic rings. The van der Waals surface area contributed by atoms with Crippen LogP contribution in [0.4, 0.5) is 24.5 Å². The number of anilines is 2. The number of rotatable bonds is 8. The third kappa shape index (κ3) is 6.31. The number of aromatic nitrogens is 1. The van der Waals surface area contributed by atoms with Gasteiger partial charge in [0.25, 0.3) is 0 Å². The van der Waals surface area contributed by atoms with Crippen molar-refractivity contribution in [2.45, 2.75) is 11.4 Å². The van der Waals surface area contributed by atoms with Crippen molar-refractivity contribution < 1.29 is 36.0 Å². The van der Waals surface area contributed by atoms with E-state index in [0.29, 0.717) is 5.56 Å². The Morgan fingerprint density at radius 2 is 1.66 bits per heavy atom. The predicted octanol–water partition coefficient (Wildman–Crippen LogP) is 4.32. The summed E-state index contributed by atoms with van der Waals surface area (Å²) in [6.07, 6.45) is -2.97. The molecule has 0 saturated heterocycles. The van der Waals surface area contributed by atoms with Gasteiger partial charge in [0, 0.05) is 17.7 Å². The summed E-state index contributed by atoms with van der Waals surface area (Å²) in [7, 11) is 1.88. The quantitative estimate of drug-likeness (QED) is 0.207. The molecule has 0 amide bonds. The normalized spacial score (nSPS) is 12.3. The molecule has 3 rings (SSSR count). The Morgan fingerprint density at radius 1 is 1.06 bits per heavy atom. The van der Waals surface area contributed by atoms with Gasteiger partial charge in [0.05, 0.1) is 28.4 Å². The summed E-state index contributed by atoms with van der Waals surface area (Å²) in [5.41, 5.74) is 0.742. The number of halogens is 3. The second-order valence-electron chi connectivity index (χ2n) is 6.46. The van der Waals surface area contributed by atoms with Crippen molar-refractivity contribution in [3.8, 4) is 5.75 Å². The highest BCUT2D eigenvalue weighted by Gasteiger charge is 2.31.